The van der Waals surface area contributed by atoms with Crippen LogP contribution in [0.5, 0.6) is 28.7 Å². The highest BCUT2D eigenvalue weighted by Crippen LogP contribution is 2.39. The molecule has 1 aliphatic heterocycles. The van der Waals surface area contributed by atoms with Crippen LogP contribution in [0.15, 0.2) is 39.5 Å². The third kappa shape index (κ3) is 4.33. The largest absolute Gasteiger partial charge is 0.507 e. The van der Waals surface area contributed by atoms with Gasteiger partial charge in [-0.1, -0.05) is 0 Å². The maximum Gasteiger partial charge on any atom is 0.239 e. The molecule has 35 heavy (non-hydrogen) atoms. The molecule has 1 aromatic heterocycles. The molecule has 1 aliphatic rings. The van der Waals surface area contributed by atoms with Crippen molar-refractivity contribution in [2.45, 2.75) is 30.7 Å². The molecule has 12 heteroatoms. The molecular formula is C23H24O12. The highest BCUT2D eigenvalue weighted by Gasteiger charge is 2.45. The zero-order chi connectivity index (χ0) is 25.4. The second-order valence-corrected chi connectivity index (χ2v) is 7.81. The van der Waals surface area contributed by atoms with Crippen molar-refractivity contribution in [3.63, 3.8) is 0 Å². The lowest BCUT2D eigenvalue weighted by molar-refractivity contribution is -0.277. The lowest BCUT2D eigenvalue weighted by Gasteiger charge is -2.39. The van der Waals surface area contributed by atoms with Gasteiger partial charge in [-0.15, -0.1) is 0 Å². The van der Waals surface area contributed by atoms with E-state index in [9.17, 15) is 35.4 Å². The van der Waals surface area contributed by atoms with E-state index in [1.54, 1.807) is 0 Å². The molecule has 2 heterocycles. The Kier molecular flexibility index (Phi) is 6.74. The normalized spacial score (nSPS) is 24.3. The van der Waals surface area contributed by atoms with Crippen LogP contribution >= 0.6 is 0 Å². The molecule has 3 aromatic rings. The molecule has 1 fully saturated rings. The smallest absolute Gasteiger partial charge is 0.239 e. The average Bonchev–Trinajstić information content (AvgIpc) is 2.85. The highest BCUT2D eigenvalue weighted by atomic mass is 16.7. The quantitative estimate of drug-likeness (QED) is 0.272. The number of aliphatic hydroxyl groups is 4. The number of hydrogen-bond donors (Lipinski definition) is 6. The number of hydrogen-bond acceptors (Lipinski definition) is 12. The van der Waals surface area contributed by atoms with Gasteiger partial charge in [0, 0.05) is 17.7 Å². The van der Waals surface area contributed by atoms with Crippen LogP contribution in [0.1, 0.15) is 0 Å². The van der Waals surface area contributed by atoms with Gasteiger partial charge in [0.15, 0.2) is 17.3 Å². The van der Waals surface area contributed by atoms with Gasteiger partial charge in [0.25, 0.3) is 0 Å². The molecule has 12 nitrogen and oxygen atoms in total. The molecule has 188 valence electrons. The number of phenolic OH excluding ortho intramolecular Hbond substituents is 2. The summed E-state index contributed by atoms with van der Waals surface area (Å²) in [4.78, 5) is 13.5. The monoisotopic (exact) mass is 492 g/mol. The van der Waals surface area contributed by atoms with E-state index in [4.69, 9.17) is 23.4 Å². The van der Waals surface area contributed by atoms with Crippen LogP contribution in [-0.4, -0.2) is 82.2 Å². The third-order valence-corrected chi connectivity index (χ3v) is 5.67. The second kappa shape index (κ2) is 9.60. The summed E-state index contributed by atoms with van der Waals surface area (Å²) in [7, 11) is 2.71. The van der Waals surface area contributed by atoms with Gasteiger partial charge in [-0.2, -0.15) is 0 Å². The first-order chi connectivity index (χ1) is 16.7. The van der Waals surface area contributed by atoms with Crippen LogP contribution in [0.4, 0.5) is 0 Å². The van der Waals surface area contributed by atoms with Gasteiger partial charge in [-0.3, -0.25) is 4.79 Å². The van der Waals surface area contributed by atoms with Gasteiger partial charge in [0.05, 0.1) is 20.8 Å². The minimum atomic E-state index is -1.82. The maximum atomic E-state index is 13.5. The van der Waals surface area contributed by atoms with E-state index in [0.717, 1.165) is 0 Å². The molecule has 6 N–H and O–H groups in total. The summed E-state index contributed by atoms with van der Waals surface area (Å²) in [5.74, 6) is -1.16. The fraction of sp³-hybridized carbons (Fsp3) is 0.348. The molecule has 0 bridgehead atoms. The summed E-state index contributed by atoms with van der Waals surface area (Å²) in [6, 6.07) is 6.66. The van der Waals surface area contributed by atoms with Crippen molar-refractivity contribution in [3.8, 4) is 40.1 Å². The SMILES string of the molecule is COc1cc(O)c2c(=O)c(O[C@@H]3O[C@H](CO)[C@H](O)[C@H](O)[C@H]3O)c(-c3ccc(OC)c(O)c3)oc2c1. The number of aliphatic hydroxyl groups excluding tert-OH is 4. The second-order valence-electron chi connectivity index (χ2n) is 7.81. The van der Waals surface area contributed by atoms with E-state index in [-0.39, 0.29) is 39.5 Å². The van der Waals surface area contributed by atoms with Crippen molar-refractivity contribution in [2.75, 3.05) is 20.8 Å². The van der Waals surface area contributed by atoms with Crippen molar-refractivity contribution in [1.82, 2.24) is 0 Å². The van der Waals surface area contributed by atoms with Crippen LogP contribution < -0.4 is 19.6 Å². The van der Waals surface area contributed by atoms with Crippen LogP contribution in [0.3, 0.4) is 0 Å². The number of rotatable bonds is 6. The standard InChI is InChI=1S/C23H24O12/c1-31-10-6-12(26)16-14(7-10)33-21(9-3-4-13(32-2)11(25)5-9)22(18(16)28)35-23-20(30)19(29)17(27)15(8-24)34-23/h3-7,15,17,19-20,23-27,29-30H,8H2,1-2H3/t15-,17+,19+,20-,23+/m1/s1. The van der Waals surface area contributed by atoms with Crippen LogP contribution in [0, 0.1) is 0 Å². The van der Waals surface area contributed by atoms with E-state index >= 15 is 0 Å². The highest BCUT2D eigenvalue weighted by molar-refractivity contribution is 5.88. The first-order valence-electron chi connectivity index (χ1n) is 10.4. The minimum absolute atomic E-state index is 0.0710. The first-order valence-corrected chi connectivity index (χ1v) is 10.4. The zero-order valence-electron chi connectivity index (χ0n) is 18.6. The predicted octanol–water partition coefficient (Wildman–Crippen LogP) is 0.0671. The Morgan fingerprint density at radius 3 is 2.31 bits per heavy atom. The molecule has 0 unspecified atom stereocenters. The zero-order valence-corrected chi connectivity index (χ0v) is 18.6. The van der Waals surface area contributed by atoms with E-state index in [1.165, 1.54) is 44.6 Å². The minimum Gasteiger partial charge on any atom is -0.507 e. The van der Waals surface area contributed by atoms with E-state index in [0.29, 0.717) is 0 Å². The Morgan fingerprint density at radius 1 is 0.943 bits per heavy atom. The number of aromatic hydroxyl groups is 2. The van der Waals surface area contributed by atoms with Crippen LogP contribution in [0.2, 0.25) is 0 Å². The molecule has 0 spiro atoms. The summed E-state index contributed by atoms with van der Waals surface area (Å²) in [5, 5.41) is 60.4. The number of benzene rings is 2. The van der Waals surface area contributed by atoms with Gasteiger partial charge in [-0.25, -0.2) is 0 Å². The Labute approximate surface area is 197 Å². The van der Waals surface area contributed by atoms with Crippen molar-refractivity contribution in [2.24, 2.45) is 0 Å². The topological polar surface area (TPSA) is 189 Å². The molecular weight excluding hydrogens is 468 g/mol. The summed E-state index contributed by atoms with van der Waals surface area (Å²) in [5.41, 5.74) is -0.781. The molecule has 0 saturated carbocycles. The van der Waals surface area contributed by atoms with Gasteiger partial charge >= 0.3 is 0 Å². The van der Waals surface area contributed by atoms with Gasteiger partial charge in [0.2, 0.25) is 17.5 Å². The molecule has 0 aliphatic carbocycles. The first kappa shape index (κ1) is 24.6. The molecule has 0 amide bonds. The maximum absolute atomic E-state index is 13.5. The Hall–Kier alpha value is -3.55. The lowest BCUT2D eigenvalue weighted by atomic mass is 9.99. The fourth-order valence-corrected chi connectivity index (χ4v) is 3.78. The van der Waals surface area contributed by atoms with E-state index in [2.05, 4.69) is 0 Å². The van der Waals surface area contributed by atoms with Crippen molar-refractivity contribution in [3.05, 3.63) is 40.6 Å². The lowest BCUT2D eigenvalue weighted by Crippen LogP contribution is -2.60. The Bertz CT molecular complexity index is 1280. The summed E-state index contributed by atoms with van der Waals surface area (Å²) in [6.45, 7) is -0.711. The molecule has 4 rings (SSSR count). The fourth-order valence-electron chi connectivity index (χ4n) is 3.78. The Morgan fingerprint density at radius 2 is 1.69 bits per heavy atom. The number of ether oxygens (including phenoxy) is 4. The van der Waals surface area contributed by atoms with Gasteiger partial charge in [-0.05, 0) is 18.2 Å². The van der Waals surface area contributed by atoms with Gasteiger partial charge < -0.3 is 54.0 Å². The van der Waals surface area contributed by atoms with Crippen LogP contribution in [-0.2, 0) is 4.74 Å². The summed E-state index contributed by atoms with van der Waals surface area (Å²) >= 11 is 0. The molecule has 0 radical (unpaired) electrons. The van der Waals surface area contributed by atoms with Crippen molar-refractivity contribution < 1.29 is 54.0 Å². The predicted molar refractivity (Wildman–Crippen MR) is 119 cm³/mol. The Balaban J connectivity index is 1.91. The number of phenols is 2. The van der Waals surface area contributed by atoms with Crippen molar-refractivity contribution in [1.29, 1.82) is 0 Å². The summed E-state index contributed by atoms with van der Waals surface area (Å²) in [6.07, 6.45) is -8.22. The third-order valence-electron chi connectivity index (χ3n) is 5.67. The number of methoxy groups -OCH3 is 2. The van der Waals surface area contributed by atoms with E-state index in [1.807, 2.05) is 0 Å². The van der Waals surface area contributed by atoms with Crippen molar-refractivity contribution >= 4 is 11.0 Å². The molecule has 2 aromatic carbocycles. The van der Waals surface area contributed by atoms with Gasteiger partial charge in [0.1, 0.15) is 46.9 Å². The van der Waals surface area contributed by atoms with Crippen LogP contribution in [0.25, 0.3) is 22.3 Å². The molecule has 1 saturated heterocycles. The molecule has 5 atom stereocenters. The number of fused-ring (bicyclic) bond motifs is 1. The average molecular weight is 492 g/mol. The summed E-state index contributed by atoms with van der Waals surface area (Å²) < 4.78 is 27.0. The van der Waals surface area contributed by atoms with E-state index < -0.39 is 54.2 Å².